The van der Waals surface area contributed by atoms with Gasteiger partial charge in [0.05, 0.1) is 18.4 Å². The molecule has 0 aromatic carbocycles. The lowest BCUT2D eigenvalue weighted by atomic mass is 10.0. The zero-order valence-corrected chi connectivity index (χ0v) is 16.3. The number of aromatic nitrogens is 2. The van der Waals surface area contributed by atoms with Gasteiger partial charge in [0.15, 0.2) is 0 Å². The van der Waals surface area contributed by atoms with Gasteiger partial charge in [0.25, 0.3) is 5.56 Å². The third-order valence-electron chi connectivity index (χ3n) is 4.93. The smallest absolute Gasteiger partial charge is 0.263 e. The van der Waals surface area contributed by atoms with Crippen LogP contribution in [-0.4, -0.2) is 20.3 Å². The highest BCUT2D eigenvalue weighted by atomic mass is 35.5. The van der Waals surface area contributed by atoms with Crippen LogP contribution in [0.5, 0.6) is 0 Å². The minimum atomic E-state index is -0.121. The molecule has 0 aliphatic carbocycles. The van der Waals surface area contributed by atoms with Gasteiger partial charge in [-0.15, -0.1) is 0 Å². The van der Waals surface area contributed by atoms with E-state index < -0.39 is 0 Å². The lowest BCUT2D eigenvalue weighted by Gasteiger charge is -2.31. The molecule has 3 aromatic rings. The molecule has 0 aliphatic rings. The molecule has 1 unspecified atom stereocenters. The fourth-order valence-corrected chi connectivity index (χ4v) is 3.23. The number of pyridine rings is 1. The number of hydrogen-bond acceptors (Lipinski definition) is 4. The van der Waals surface area contributed by atoms with Gasteiger partial charge in [0, 0.05) is 18.8 Å². The molecular formula is C20H24ClN3O2. The number of nitrogens with zero attached hydrogens (tertiary/aromatic N) is 3. The second kappa shape index (κ2) is 7.64. The summed E-state index contributed by atoms with van der Waals surface area (Å²) in [7, 11) is 0. The lowest BCUT2D eigenvalue weighted by molar-refractivity contribution is 0.140. The van der Waals surface area contributed by atoms with Crippen molar-refractivity contribution in [2.75, 3.05) is 0 Å². The lowest BCUT2D eigenvalue weighted by Crippen LogP contribution is -2.38. The Balaban J connectivity index is 2.02. The Morgan fingerprint density at radius 2 is 2.00 bits per heavy atom. The van der Waals surface area contributed by atoms with Crippen LogP contribution in [0.25, 0.3) is 5.65 Å². The van der Waals surface area contributed by atoms with Crippen molar-refractivity contribution < 1.29 is 4.42 Å². The number of hydrogen-bond donors (Lipinski definition) is 0. The molecule has 0 aliphatic heterocycles. The molecule has 138 valence electrons. The van der Waals surface area contributed by atoms with Gasteiger partial charge in [-0.3, -0.25) is 14.1 Å². The molecule has 0 bridgehead atoms. The summed E-state index contributed by atoms with van der Waals surface area (Å²) >= 11 is 6.42. The Hall–Kier alpha value is -2.11. The van der Waals surface area contributed by atoms with Gasteiger partial charge in [-0.2, -0.15) is 0 Å². The number of furan rings is 1. The summed E-state index contributed by atoms with van der Waals surface area (Å²) in [5.41, 5.74) is 1.90. The van der Waals surface area contributed by atoms with Crippen molar-refractivity contribution in [3.8, 4) is 0 Å². The topological polar surface area (TPSA) is 50.8 Å². The quantitative estimate of drug-likeness (QED) is 0.604. The molecule has 0 fully saturated rings. The zero-order chi connectivity index (χ0) is 18.8. The molecule has 3 aromatic heterocycles. The van der Waals surface area contributed by atoms with Gasteiger partial charge in [-0.1, -0.05) is 31.5 Å². The molecule has 6 heteroatoms. The summed E-state index contributed by atoms with van der Waals surface area (Å²) in [5.74, 6) is 1.28. The molecule has 0 saturated carbocycles. The Kier molecular flexibility index (Phi) is 5.49. The van der Waals surface area contributed by atoms with Crippen molar-refractivity contribution in [2.45, 2.75) is 46.8 Å². The number of fused-ring (bicyclic) bond motifs is 1. The Bertz CT molecular complexity index is 948. The van der Waals surface area contributed by atoms with E-state index in [1.165, 1.54) is 0 Å². The molecular weight excluding hydrogens is 350 g/mol. The van der Waals surface area contributed by atoms with E-state index in [-0.39, 0.29) is 16.8 Å². The summed E-state index contributed by atoms with van der Waals surface area (Å²) in [5, 5.41) is 0.268. The maximum absolute atomic E-state index is 13.0. The highest BCUT2D eigenvalue weighted by Gasteiger charge is 2.22. The van der Waals surface area contributed by atoms with E-state index in [9.17, 15) is 4.79 Å². The molecule has 3 heterocycles. The highest BCUT2D eigenvalue weighted by Crippen LogP contribution is 2.21. The molecule has 0 saturated heterocycles. The van der Waals surface area contributed by atoms with E-state index in [4.69, 9.17) is 16.0 Å². The minimum absolute atomic E-state index is 0.121. The normalized spacial score (nSPS) is 13.0. The van der Waals surface area contributed by atoms with Gasteiger partial charge in [0.2, 0.25) is 0 Å². The SMILES string of the molecule is Cc1cccn2c(=O)c(CN(Cc3ccco3)C(C)C(C)C)c(Cl)nc12. The maximum Gasteiger partial charge on any atom is 0.263 e. The van der Waals surface area contributed by atoms with Crippen LogP contribution in [0, 0.1) is 12.8 Å². The third kappa shape index (κ3) is 3.69. The van der Waals surface area contributed by atoms with Crippen molar-refractivity contribution in [1.82, 2.24) is 14.3 Å². The van der Waals surface area contributed by atoms with Crippen LogP contribution < -0.4 is 5.56 Å². The van der Waals surface area contributed by atoms with Gasteiger partial charge in [-0.25, -0.2) is 4.98 Å². The third-order valence-corrected chi connectivity index (χ3v) is 5.25. The summed E-state index contributed by atoms with van der Waals surface area (Å²) < 4.78 is 7.08. The minimum Gasteiger partial charge on any atom is -0.468 e. The first-order valence-electron chi connectivity index (χ1n) is 8.81. The predicted octanol–water partition coefficient (Wildman–Crippen LogP) is 4.30. The van der Waals surface area contributed by atoms with Crippen LogP contribution in [0.2, 0.25) is 5.15 Å². The molecule has 1 atom stereocenters. The van der Waals surface area contributed by atoms with Gasteiger partial charge >= 0.3 is 0 Å². The second-order valence-electron chi connectivity index (χ2n) is 7.04. The summed E-state index contributed by atoms with van der Waals surface area (Å²) in [6.45, 7) is 9.42. The highest BCUT2D eigenvalue weighted by molar-refractivity contribution is 6.30. The molecule has 0 radical (unpaired) electrons. The van der Waals surface area contributed by atoms with E-state index in [2.05, 4.69) is 30.7 Å². The molecule has 3 rings (SSSR count). The van der Waals surface area contributed by atoms with Crippen molar-refractivity contribution in [1.29, 1.82) is 0 Å². The van der Waals surface area contributed by atoms with Crippen molar-refractivity contribution in [3.05, 3.63) is 69.1 Å². The molecule has 26 heavy (non-hydrogen) atoms. The molecule has 5 nitrogen and oxygen atoms in total. The van der Waals surface area contributed by atoms with Crippen LogP contribution in [0.4, 0.5) is 0 Å². The standard InChI is InChI=1S/C20H24ClN3O2/c1-13(2)15(4)23(11-16-8-6-10-26-16)12-17-18(21)22-19-14(3)7-5-9-24(19)20(17)25/h5-10,13,15H,11-12H2,1-4H3. The van der Waals surface area contributed by atoms with Gasteiger partial charge in [0.1, 0.15) is 16.6 Å². The fourth-order valence-electron chi connectivity index (χ4n) is 3.01. The van der Waals surface area contributed by atoms with Crippen LogP contribution in [0.15, 0.2) is 45.9 Å². The van der Waals surface area contributed by atoms with Gasteiger partial charge in [-0.05, 0) is 43.5 Å². The summed E-state index contributed by atoms with van der Waals surface area (Å²) in [6, 6.07) is 7.82. The molecule has 0 N–H and O–H groups in total. The zero-order valence-electron chi connectivity index (χ0n) is 15.6. The van der Waals surface area contributed by atoms with Crippen molar-refractivity contribution >= 4 is 17.2 Å². The van der Waals surface area contributed by atoms with Crippen LogP contribution in [0.3, 0.4) is 0 Å². The van der Waals surface area contributed by atoms with E-state index in [0.717, 1.165) is 11.3 Å². The van der Waals surface area contributed by atoms with Crippen LogP contribution in [0.1, 0.15) is 37.7 Å². The first-order valence-corrected chi connectivity index (χ1v) is 9.19. The fraction of sp³-hybridized carbons (Fsp3) is 0.400. The molecule has 0 spiro atoms. The van der Waals surface area contributed by atoms with E-state index >= 15 is 0 Å². The van der Waals surface area contributed by atoms with E-state index in [1.807, 2.05) is 31.2 Å². The van der Waals surface area contributed by atoms with Crippen molar-refractivity contribution in [2.24, 2.45) is 5.92 Å². The number of halogens is 1. The summed E-state index contributed by atoms with van der Waals surface area (Å²) in [6.07, 6.45) is 3.40. The average molecular weight is 374 g/mol. The average Bonchev–Trinajstić information content (AvgIpc) is 3.11. The van der Waals surface area contributed by atoms with Crippen LogP contribution >= 0.6 is 11.6 Å². The first kappa shape index (κ1) is 18.7. The first-order chi connectivity index (χ1) is 12.4. The van der Waals surface area contributed by atoms with Crippen molar-refractivity contribution in [3.63, 3.8) is 0 Å². The summed E-state index contributed by atoms with van der Waals surface area (Å²) in [4.78, 5) is 19.7. The van der Waals surface area contributed by atoms with E-state index in [1.54, 1.807) is 16.9 Å². The monoisotopic (exact) mass is 373 g/mol. The largest absolute Gasteiger partial charge is 0.468 e. The van der Waals surface area contributed by atoms with Crippen LogP contribution in [-0.2, 0) is 13.1 Å². The predicted molar refractivity (Wildman–Crippen MR) is 103 cm³/mol. The Morgan fingerprint density at radius 3 is 2.65 bits per heavy atom. The Labute approximate surface area is 158 Å². The number of rotatable bonds is 6. The maximum atomic E-state index is 13.0. The number of aryl methyl sites for hydroxylation is 1. The molecule has 0 amide bonds. The van der Waals surface area contributed by atoms with Gasteiger partial charge < -0.3 is 4.42 Å². The second-order valence-corrected chi connectivity index (χ2v) is 7.40. The Morgan fingerprint density at radius 1 is 1.23 bits per heavy atom. The van der Waals surface area contributed by atoms with E-state index in [0.29, 0.717) is 30.2 Å².